The van der Waals surface area contributed by atoms with E-state index in [4.69, 9.17) is 11.0 Å². The second-order valence-electron chi connectivity index (χ2n) is 4.78. The molecule has 0 bridgehead atoms. The molecular weight excluding hydrogens is 250 g/mol. The Morgan fingerprint density at radius 1 is 1.40 bits per heavy atom. The van der Waals surface area contributed by atoms with Gasteiger partial charge in [0.15, 0.2) is 0 Å². The Labute approximate surface area is 119 Å². The predicted molar refractivity (Wildman–Crippen MR) is 79.1 cm³/mol. The fourth-order valence-corrected chi connectivity index (χ4v) is 2.21. The first-order valence-corrected chi connectivity index (χ1v) is 6.61. The Morgan fingerprint density at radius 2 is 2.10 bits per heavy atom. The molecular formula is C15H19N5. The minimum Gasteiger partial charge on any atom is -0.369 e. The summed E-state index contributed by atoms with van der Waals surface area (Å²) >= 11 is 0. The topological polar surface area (TPSA) is 79.7 Å². The van der Waals surface area contributed by atoms with Gasteiger partial charge in [-0.05, 0) is 18.9 Å². The van der Waals surface area contributed by atoms with Crippen LogP contribution in [-0.4, -0.2) is 16.3 Å². The van der Waals surface area contributed by atoms with Crippen molar-refractivity contribution in [2.75, 3.05) is 11.9 Å². The largest absolute Gasteiger partial charge is 0.369 e. The molecule has 0 amide bonds. The molecule has 2 rings (SSSR count). The molecule has 0 spiro atoms. The van der Waals surface area contributed by atoms with Crippen molar-refractivity contribution >= 4 is 5.82 Å². The van der Waals surface area contributed by atoms with Gasteiger partial charge in [0, 0.05) is 19.6 Å². The molecule has 1 atom stereocenters. The SMILES string of the molecule is Cc1nn(C)c(NCCC(N)c2ccccc2)c1C#N. The van der Waals surface area contributed by atoms with Gasteiger partial charge in [-0.2, -0.15) is 10.4 Å². The Kier molecular flexibility index (Phi) is 4.38. The van der Waals surface area contributed by atoms with Crippen molar-refractivity contribution < 1.29 is 0 Å². The number of rotatable bonds is 5. The van der Waals surface area contributed by atoms with Crippen LogP contribution >= 0.6 is 0 Å². The van der Waals surface area contributed by atoms with Gasteiger partial charge in [0.2, 0.25) is 0 Å². The summed E-state index contributed by atoms with van der Waals surface area (Å²) in [4.78, 5) is 0. The van der Waals surface area contributed by atoms with Crippen LogP contribution in [0, 0.1) is 18.3 Å². The van der Waals surface area contributed by atoms with Gasteiger partial charge in [0.25, 0.3) is 0 Å². The van der Waals surface area contributed by atoms with Gasteiger partial charge >= 0.3 is 0 Å². The average Bonchev–Trinajstić information content (AvgIpc) is 2.73. The lowest BCUT2D eigenvalue weighted by atomic mass is 10.1. The second kappa shape index (κ2) is 6.22. The molecule has 104 valence electrons. The van der Waals surface area contributed by atoms with Crippen LogP contribution in [0.2, 0.25) is 0 Å². The number of hydrogen-bond donors (Lipinski definition) is 2. The molecule has 3 N–H and O–H groups in total. The van der Waals surface area contributed by atoms with Gasteiger partial charge in [-0.1, -0.05) is 30.3 Å². The second-order valence-corrected chi connectivity index (χ2v) is 4.78. The van der Waals surface area contributed by atoms with Crippen LogP contribution in [0.15, 0.2) is 30.3 Å². The van der Waals surface area contributed by atoms with E-state index in [-0.39, 0.29) is 6.04 Å². The zero-order valence-electron chi connectivity index (χ0n) is 11.8. The summed E-state index contributed by atoms with van der Waals surface area (Å²) in [6.07, 6.45) is 0.791. The third kappa shape index (κ3) is 2.98. The molecule has 2 aromatic rings. The first-order valence-electron chi connectivity index (χ1n) is 6.61. The number of aromatic nitrogens is 2. The summed E-state index contributed by atoms with van der Waals surface area (Å²) < 4.78 is 1.70. The van der Waals surface area contributed by atoms with Crippen LogP contribution in [0.4, 0.5) is 5.82 Å². The summed E-state index contributed by atoms with van der Waals surface area (Å²) in [5, 5.41) is 16.6. The lowest BCUT2D eigenvalue weighted by Crippen LogP contribution is -2.16. The maximum atomic E-state index is 9.13. The van der Waals surface area contributed by atoms with Crippen molar-refractivity contribution in [2.45, 2.75) is 19.4 Å². The van der Waals surface area contributed by atoms with Gasteiger partial charge in [-0.3, -0.25) is 4.68 Å². The van der Waals surface area contributed by atoms with Crippen LogP contribution in [0.3, 0.4) is 0 Å². The van der Waals surface area contributed by atoms with E-state index in [1.807, 2.05) is 44.3 Å². The van der Waals surface area contributed by atoms with Crippen molar-refractivity contribution in [1.82, 2.24) is 9.78 Å². The maximum absolute atomic E-state index is 9.13. The van der Waals surface area contributed by atoms with E-state index in [1.54, 1.807) is 4.68 Å². The highest BCUT2D eigenvalue weighted by Crippen LogP contribution is 2.18. The van der Waals surface area contributed by atoms with E-state index in [0.29, 0.717) is 12.1 Å². The van der Waals surface area contributed by atoms with E-state index in [0.717, 1.165) is 23.5 Å². The number of hydrogen-bond acceptors (Lipinski definition) is 4. The average molecular weight is 269 g/mol. The highest BCUT2D eigenvalue weighted by Gasteiger charge is 2.12. The summed E-state index contributed by atoms with van der Waals surface area (Å²) in [7, 11) is 1.83. The van der Waals surface area contributed by atoms with Crippen LogP contribution < -0.4 is 11.1 Å². The van der Waals surface area contributed by atoms with Gasteiger partial charge in [0.05, 0.1) is 5.69 Å². The number of nitrogens with zero attached hydrogens (tertiary/aromatic N) is 3. The monoisotopic (exact) mass is 269 g/mol. The molecule has 0 saturated heterocycles. The molecule has 1 aromatic carbocycles. The van der Waals surface area contributed by atoms with E-state index < -0.39 is 0 Å². The van der Waals surface area contributed by atoms with Gasteiger partial charge in [-0.15, -0.1) is 0 Å². The first-order chi connectivity index (χ1) is 9.63. The number of aryl methyl sites for hydroxylation is 2. The third-order valence-electron chi connectivity index (χ3n) is 3.31. The minimum atomic E-state index is -0.0106. The van der Waals surface area contributed by atoms with E-state index in [2.05, 4.69) is 16.5 Å². The quantitative estimate of drug-likeness (QED) is 0.871. The molecule has 0 aliphatic carbocycles. The standard InChI is InChI=1S/C15H19N5/c1-11-13(10-16)15(20(2)19-11)18-9-8-14(17)12-6-4-3-5-7-12/h3-7,14,18H,8-9,17H2,1-2H3. The third-order valence-corrected chi connectivity index (χ3v) is 3.31. The van der Waals surface area contributed by atoms with Crippen molar-refractivity contribution in [2.24, 2.45) is 12.8 Å². The molecule has 0 fully saturated rings. The molecule has 1 heterocycles. The number of nitriles is 1. The number of benzene rings is 1. The van der Waals surface area contributed by atoms with Crippen molar-refractivity contribution in [3.8, 4) is 6.07 Å². The van der Waals surface area contributed by atoms with Gasteiger partial charge in [0.1, 0.15) is 17.5 Å². The van der Waals surface area contributed by atoms with Crippen molar-refractivity contribution in [3.05, 3.63) is 47.2 Å². The Morgan fingerprint density at radius 3 is 2.75 bits per heavy atom. The Balaban J connectivity index is 1.96. The number of nitrogens with one attached hydrogen (secondary N) is 1. The zero-order chi connectivity index (χ0) is 14.5. The molecule has 0 aliphatic rings. The fraction of sp³-hybridized carbons (Fsp3) is 0.333. The molecule has 1 aromatic heterocycles. The van der Waals surface area contributed by atoms with Crippen molar-refractivity contribution in [1.29, 1.82) is 5.26 Å². The number of nitrogens with two attached hydrogens (primary N) is 1. The Bertz CT molecular complexity index is 609. The van der Waals surface area contributed by atoms with Crippen molar-refractivity contribution in [3.63, 3.8) is 0 Å². The normalized spacial score (nSPS) is 11.9. The molecule has 0 aliphatic heterocycles. The first kappa shape index (κ1) is 14.1. The molecule has 5 nitrogen and oxygen atoms in total. The van der Waals surface area contributed by atoms with Crippen LogP contribution in [0.25, 0.3) is 0 Å². The highest BCUT2D eigenvalue weighted by atomic mass is 15.3. The molecule has 1 unspecified atom stereocenters. The smallest absolute Gasteiger partial charge is 0.142 e. The maximum Gasteiger partial charge on any atom is 0.142 e. The minimum absolute atomic E-state index is 0.0106. The lowest BCUT2D eigenvalue weighted by Gasteiger charge is -2.13. The predicted octanol–water partition coefficient (Wildman–Crippen LogP) is 2.10. The number of anilines is 1. The summed E-state index contributed by atoms with van der Waals surface area (Å²) in [5.74, 6) is 0.755. The Hall–Kier alpha value is -2.32. The molecule has 5 heteroatoms. The fourth-order valence-electron chi connectivity index (χ4n) is 2.21. The van der Waals surface area contributed by atoms with E-state index >= 15 is 0 Å². The summed E-state index contributed by atoms with van der Waals surface area (Å²) in [5.41, 5.74) is 8.61. The van der Waals surface area contributed by atoms with Crippen LogP contribution in [-0.2, 0) is 7.05 Å². The zero-order valence-corrected chi connectivity index (χ0v) is 11.8. The van der Waals surface area contributed by atoms with E-state index in [1.165, 1.54) is 0 Å². The highest BCUT2D eigenvalue weighted by molar-refractivity contribution is 5.54. The summed E-state index contributed by atoms with van der Waals surface area (Å²) in [6, 6.07) is 12.2. The van der Waals surface area contributed by atoms with Crippen LogP contribution in [0.5, 0.6) is 0 Å². The molecule has 20 heavy (non-hydrogen) atoms. The van der Waals surface area contributed by atoms with E-state index in [9.17, 15) is 0 Å². The van der Waals surface area contributed by atoms with Crippen LogP contribution in [0.1, 0.15) is 29.3 Å². The van der Waals surface area contributed by atoms with Gasteiger partial charge < -0.3 is 11.1 Å². The molecule has 0 saturated carbocycles. The molecule has 0 radical (unpaired) electrons. The lowest BCUT2D eigenvalue weighted by molar-refractivity contribution is 0.668. The summed E-state index contributed by atoms with van der Waals surface area (Å²) in [6.45, 7) is 2.53. The van der Waals surface area contributed by atoms with Gasteiger partial charge in [-0.25, -0.2) is 0 Å².